The molecule has 2 atom stereocenters. The Morgan fingerprint density at radius 3 is 2.32 bits per heavy atom. The number of rotatable bonds is 12. The molecular weight excluding hydrogens is 320 g/mol. The summed E-state index contributed by atoms with van der Waals surface area (Å²) >= 11 is 0. The van der Waals surface area contributed by atoms with Crippen molar-refractivity contribution in [3.63, 3.8) is 0 Å². The standard InChI is InChI=1S/C20H32O5/c21-19(22)15-8-4-3-7-12-18-14-10-13-17(18)11-6-2-1-5-9-16-20(23,24)25/h3-4,7-8,12,15,17-18,23-25H,1-2,5-6,9-11,13-14,16H2,(H,21,22)/t17-,18-/m0/s1. The molecule has 1 aliphatic rings. The summed E-state index contributed by atoms with van der Waals surface area (Å²) in [5.41, 5.74) is 0. The lowest BCUT2D eigenvalue weighted by atomic mass is 9.90. The average molecular weight is 352 g/mol. The van der Waals surface area contributed by atoms with Crippen molar-refractivity contribution >= 4 is 5.97 Å². The van der Waals surface area contributed by atoms with Crippen LogP contribution in [-0.4, -0.2) is 32.4 Å². The van der Waals surface area contributed by atoms with Crippen LogP contribution in [0.5, 0.6) is 0 Å². The monoisotopic (exact) mass is 352 g/mol. The fourth-order valence-electron chi connectivity index (χ4n) is 3.45. The van der Waals surface area contributed by atoms with E-state index in [9.17, 15) is 4.79 Å². The predicted octanol–water partition coefficient (Wildman–Crippen LogP) is 3.52. The van der Waals surface area contributed by atoms with Crippen LogP contribution in [0.4, 0.5) is 0 Å². The van der Waals surface area contributed by atoms with E-state index in [4.69, 9.17) is 20.4 Å². The van der Waals surface area contributed by atoms with Crippen molar-refractivity contribution in [3.8, 4) is 0 Å². The van der Waals surface area contributed by atoms with Crippen molar-refractivity contribution in [1.29, 1.82) is 0 Å². The fraction of sp³-hybridized carbons (Fsp3) is 0.650. The Bertz CT molecular complexity index is 459. The van der Waals surface area contributed by atoms with E-state index in [0.29, 0.717) is 12.3 Å². The van der Waals surface area contributed by atoms with Gasteiger partial charge in [-0.25, -0.2) is 4.79 Å². The van der Waals surface area contributed by atoms with Gasteiger partial charge in [0.25, 0.3) is 5.97 Å². The quantitative estimate of drug-likeness (QED) is 0.186. The predicted molar refractivity (Wildman–Crippen MR) is 97.6 cm³/mol. The number of hydrogen-bond acceptors (Lipinski definition) is 4. The number of carboxylic acids is 1. The van der Waals surface area contributed by atoms with Crippen LogP contribution >= 0.6 is 0 Å². The highest BCUT2D eigenvalue weighted by Crippen LogP contribution is 2.36. The van der Waals surface area contributed by atoms with Gasteiger partial charge in [-0.15, -0.1) is 0 Å². The van der Waals surface area contributed by atoms with Gasteiger partial charge in [-0.2, -0.15) is 0 Å². The van der Waals surface area contributed by atoms with Gasteiger partial charge >= 0.3 is 5.97 Å². The lowest BCUT2D eigenvalue weighted by molar-refractivity contribution is -0.315. The van der Waals surface area contributed by atoms with E-state index in [0.717, 1.165) is 31.3 Å². The first-order valence-corrected chi connectivity index (χ1v) is 9.30. The number of carbonyl (C=O) groups is 1. The minimum absolute atomic E-state index is 0.0116. The molecule has 4 N–H and O–H groups in total. The number of carboxylic acid groups (broad SMARTS) is 1. The molecule has 0 aromatic rings. The SMILES string of the molecule is O=C(O)C=CC=CC=C[C@H]1CCC[C@@H]1CCCCCCCC(O)(O)O. The Kier molecular flexibility index (Phi) is 10.4. The average Bonchev–Trinajstić information content (AvgIpc) is 2.96. The van der Waals surface area contributed by atoms with Crippen LogP contribution in [-0.2, 0) is 4.79 Å². The van der Waals surface area contributed by atoms with Crippen LogP contribution in [0.25, 0.3) is 0 Å². The fourth-order valence-corrected chi connectivity index (χ4v) is 3.45. The summed E-state index contributed by atoms with van der Waals surface area (Å²) < 4.78 is 0. The zero-order valence-corrected chi connectivity index (χ0v) is 14.9. The van der Waals surface area contributed by atoms with Gasteiger partial charge in [0.15, 0.2) is 0 Å². The second kappa shape index (κ2) is 12.0. The summed E-state index contributed by atoms with van der Waals surface area (Å²) in [6, 6.07) is 0. The number of aliphatic hydroxyl groups is 3. The third-order valence-corrected chi connectivity index (χ3v) is 4.74. The van der Waals surface area contributed by atoms with Crippen LogP contribution in [0.3, 0.4) is 0 Å². The first-order chi connectivity index (χ1) is 11.9. The molecule has 0 heterocycles. The molecule has 5 nitrogen and oxygen atoms in total. The van der Waals surface area contributed by atoms with Gasteiger partial charge in [-0.3, -0.25) is 0 Å². The summed E-state index contributed by atoms with van der Waals surface area (Å²) in [5.74, 6) is -2.10. The molecule has 0 aliphatic heterocycles. The lowest BCUT2D eigenvalue weighted by Gasteiger charge is -2.16. The number of unbranched alkanes of at least 4 members (excludes halogenated alkanes) is 4. The van der Waals surface area contributed by atoms with Crippen LogP contribution in [0.15, 0.2) is 36.5 Å². The molecule has 142 valence electrons. The Hall–Kier alpha value is -1.43. The van der Waals surface area contributed by atoms with Crippen molar-refractivity contribution in [2.24, 2.45) is 11.8 Å². The maximum absolute atomic E-state index is 10.3. The maximum Gasteiger partial charge on any atom is 0.328 e. The van der Waals surface area contributed by atoms with Gasteiger partial charge in [0, 0.05) is 12.5 Å². The summed E-state index contributed by atoms with van der Waals surface area (Å²) in [5, 5.41) is 34.9. The molecule has 0 aromatic carbocycles. The second-order valence-corrected chi connectivity index (χ2v) is 6.90. The minimum Gasteiger partial charge on any atom is -0.478 e. The molecule has 0 aromatic heterocycles. The van der Waals surface area contributed by atoms with Crippen LogP contribution < -0.4 is 0 Å². The molecule has 1 aliphatic carbocycles. The van der Waals surface area contributed by atoms with Gasteiger partial charge < -0.3 is 20.4 Å². The van der Waals surface area contributed by atoms with E-state index in [1.54, 1.807) is 6.08 Å². The molecule has 0 spiro atoms. The van der Waals surface area contributed by atoms with E-state index in [1.165, 1.54) is 38.2 Å². The zero-order chi connectivity index (χ0) is 18.5. The summed E-state index contributed by atoms with van der Waals surface area (Å²) in [7, 11) is 0. The number of aliphatic carboxylic acids is 1. The normalized spacial score (nSPS) is 21.9. The Morgan fingerprint density at radius 1 is 0.920 bits per heavy atom. The van der Waals surface area contributed by atoms with Gasteiger partial charge in [-0.1, -0.05) is 62.5 Å². The molecule has 1 fully saturated rings. The van der Waals surface area contributed by atoms with Crippen LogP contribution in [0.2, 0.25) is 0 Å². The molecule has 0 amide bonds. The molecule has 0 unspecified atom stereocenters. The Morgan fingerprint density at radius 2 is 1.60 bits per heavy atom. The van der Waals surface area contributed by atoms with Gasteiger partial charge in [0.1, 0.15) is 0 Å². The zero-order valence-electron chi connectivity index (χ0n) is 14.9. The third-order valence-electron chi connectivity index (χ3n) is 4.74. The second-order valence-electron chi connectivity index (χ2n) is 6.90. The van der Waals surface area contributed by atoms with Gasteiger partial charge in [-0.05, 0) is 37.5 Å². The van der Waals surface area contributed by atoms with E-state index in [-0.39, 0.29) is 6.42 Å². The highest BCUT2D eigenvalue weighted by molar-refractivity contribution is 5.80. The van der Waals surface area contributed by atoms with Crippen molar-refractivity contribution in [3.05, 3.63) is 36.5 Å². The molecule has 0 bridgehead atoms. The van der Waals surface area contributed by atoms with E-state index < -0.39 is 11.9 Å². The summed E-state index contributed by atoms with van der Waals surface area (Å²) in [6.07, 6.45) is 20.4. The minimum atomic E-state index is -2.51. The third kappa shape index (κ3) is 11.7. The number of hydrogen-bond donors (Lipinski definition) is 4. The topological polar surface area (TPSA) is 98.0 Å². The van der Waals surface area contributed by atoms with Crippen molar-refractivity contribution in [2.75, 3.05) is 0 Å². The Labute approximate surface area is 150 Å². The van der Waals surface area contributed by atoms with E-state index in [2.05, 4.69) is 6.08 Å². The van der Waals surface area contributed by atoms with Crippen LogP contribution in [0.1, 0.15) is 64.2 Å². The van der Waals surface area contributed by atoms with Crippen molar-refractivity contribution in [2.45, 2.75) is 70.2 Å². The van der Waals surface area contributed by atoms with E-state index >= 15 is 0 Å². The van der Waals surface area contributed by atoms with E-state index in [1.807, 2.05) is 12.2 Å². The van der Waals surface area contributed by atoms with Gasteiger partial charge in [0.05, 0.1) is 0 Å². The Balaban J connectivity index is 2.15. The number of allylic oxidation sites excluding steroid dienone is 5. The first kappa shape index (κ1) is 21.6. The first-order valence-electron chi connectivity index (χ1n) is 9.30. The molecular formula is C20H32O5. The molecule has 5 heteroatoms. The largest absolute Gasteiger partial charge is 0.478 e. The molecule has 1 saturated carbocycles. The molecule has 25 heavy (non-hydrogen) atoms. The highest BCUT2D eigenvalue weighted by atomic mass is 16.7. The van der Waals surface area contributed by atoms with Gasteiger partial charge in [0.2, 0.25) is 0 Å². The van der Waals surface area contributed by atoms with Crippen LogP contribution in [0, 0.1) is 11.8 Å². The summed E-state index contributed by atoms with van der Waals surface area (Å²) in [6.45, 7) is 0. The molecule has 0 saturated heterocycles. The van der Waals surface area contributed by atoms with Crippen molar-refractivity contribution < 1.29 is 25.2 Å². The summed E-state index contributed by atoms with van der Waals surface area (Å²) in [4.78, 5) is 10.3. The highest BCUT2D eigenvalue weighted by Gasteiger charge is 2.24. The lowest BCUT2D eigenvalue weighted by Crippen LogP contribution is -2.26. The molecule has 1 rings (SSSR count). The smallest absolute Gasteiger partial charge is 0.328 e. The molecule has 0 radical (unpaired) electrons. The maximum atomic E-state index is 10.3. The van der Waals surface area contributed by atoms with Crippen molar-refractivity contribution in [1.82, 2.24) is 0 Å².